The van der Waals surface area contributed by atoms with Crippen LogP contribution in [-0.4, -0.2) is 32.2 Å². The van der Waals surface area contributed by atoms with Gasteiger partial charge in [0.05, 0.1) is 0 Å². The van der Waals surface area contributed by atoms with Crippen LogP contribution in [0.5, 0.6) is 0 Å². The molecule has 0 radical (unpaired) electrons. The maximum absolute atomic E-state index is 13.3. The first-order valence-electron chi connectivity index (χ1n) is 7.02. The molecule has 0 aliphatic carbocycles. The van der Waals surface area contributed by atoms with E-state index in [-0.39, 0.29) is 11.7 Å². The molecule has 1 aromatic rings. The highest BCUT2D eigenvalue weighted by molar-refractivity contribution is 5.93. The van der Waals surface area contributed by atoms with Gasteiger partial charge >= 0.3 is 0 Å². The summed E-state index contributed by atoms with van der Waals surface area (Å²) in [5.74, 6) is -0.369. The molecule has 2 N–H and O–H groups in total. The Morgan fingerprint density at radius 2 is 2.20 bits per heavy atom. The fourth-order valence-corrected chi connectivity index (χ4v) is 1.90. The number of benzene rings is 1. The number of anilines is 1. The van der Waals surface area contributed by atoms with Gasteiger partial charge < -0.3 is 15.4 Å². The monoisotopic (exact) mass is 282 g/mol. The first-order chi connectivity index (χ1) is 9.69. The second-order valence-electron chi connectivity index (χ2n) is 4.47. The van der Waals surface area contributed by atoms with Gasteiger partial charge in [-0.15, -0.1) is 0 Å². The highest BCUT2D eigenvalue weighted by atomic mass is 19.1. The molecule has 20 heavy (non-hydrogen) atoms. The zero-order valence-corrected chi connectivity index (χ0v) is 12.0. The van der Waals surface area contributed by atoms with Gasteiger partial charge in [0.2, 0.25) is 5.91 Å². The van der Waals surface area contributed by atoms with Crippen LogP contribution in [0.1, 0.15) is 26.2 Å². The van der Waals surface area contributed by atoms with E-state index in [0.29, 0.717) is 51.3 Å². The average molecular weight is 282 g/mol. The van der Waals surface area contributed by atoms with Gasteiger partial charge in [-0.25, -0.2) is 4.39 Å². The molecule has 0 saturated carbocycles. The minimum atomic E-state index is -0.345. The molecule has 0 bridgehead atoms. The Kier molecular flexibility index (Phi) is 7.84. The summed E-state index contributed by atoms with van der Waals surface area (Å²) in [4.78, 5) is 13.8. The molecule has 1 amide bonds. The molecule has 5 heteroatoms. The van der Waals surface area contributed by atoms with E-state index >= 15 is 0 Å². The average Bonchev–Trinajstić information content (AvgIpc) is 2.44. The molecule has 0 spiro atoms. The van der Waals surface area contributed by atoms with Crippen molar-refractivity contribution in [2.45, 2.75) is 26.2 Å². The van der Waals surface area contributed by atoms with Crippen LogP contribution in [0.2, 0.25) is 0 Å². The van der Waals surface area contributed by atoms with E-state index in [2.05, 4.69) is 0 Å². The van der Waals surface area contributed by atoms with Crippen molar-refractivity contribution in [2.24, 2.45) is 5.73 Å². The minimum absolute atomic E-state index is 0.0243. The maximum Gasteiger partial charge on any atom is 0.227 e. The van der Waals surface area contributed by atoms with E-state index in [1.54, 1.807) is 17.0 Å². The maximum atomic E-state index is 13.3. The van der Waals surface area contributed by atoms with Crippen molar-refractivity contribution in [3.05, 3.63) is 30.1 Å². The van der Waals surface area contributed by atoms with Crippen LogP contribution in [0.3, 0.4) is 0 Å². The zero-order chi connectivity index (χ0) is 14.8. The summed E-state index contributed by atoms with van der Waals surface area (Å²) in [6.07, 6.45) is 1.75. The summed E-state index contributed by atoms with van der Waals surface area (Å²) in [6, 6.07) is 6.08. The van der Waals surface area contributed by atoms with Gasteiger partial charge in [0, 0.05) is 31.9 Å². The third kappa shape index (κ3) is 5.67. The molecule has 0 aliphatic heterocycles. The van der Waals surface area contributed by atoms with Gasteiger partial charge in [0.25, 0.3) is 0 Å². The molecule has 112 valence electrons. The van der Waals surface area contributed by atoms with Gasteiger partial charge in [-0.3, -0.25) is 4.79 Å². The Morgan fingerprint density at radius 1 is 1.40 bits per heavy atom. The Bertz CT molecular complexity index is 413. The lowest BCUT2D eigenvalue weighted by Crippen LogP contribution is -2.33. The predicted molar refractivity (Wildman–Crippen MR) is 78.2 cm³/mol. The lowest BCUT2D eigenvalue weighted by molar-refractivity contribution is -0.119. The fraction of sp³-hybridized carbons (Fsp3) is 0.533. The number of ether oxygens (including phenoxy) is 1. The summed E-state index contributed by atoms with van der Waals surface area (Å²) in [5.41, 5.74) is 6.08. The summed E-state index contributed by atoms with van der Waals surface area (Å²) in [7, 11) is 0. The third-order valence-electron chi connectivity index (χ3n) is 2.89. The molecule has 0 aromatic heterocycles. The van der Waals surface area contributed by atoms with E-state index < -0.39 is 0 Å². The van der Waals surface area contributed by atoms with Crippen LogP contribution in [-0.2, 0) is 9.53 Å². The van der Waals surface area contributed by atoms with E-state index in [1.165, 1.54) is 12.1 Å². The van der Waals surface area contributed by atoms with Crippen LogP contribution in [0.4, 0.5) is 10.1 Å². The van der Waals surface area contributed by atoms with Gasteiger partial charge in [-0.2, -0.15) is 0 Å². The number of hydrogen-bond donors (Lipinski definition) is 1. The smallest absolute Gasteiger partial charge is 0.227 e. The summed E-state index contributed by atoms with van der Waals surface area (Å²) in [6.45, 7) is 4.14. The molecule has 1 rings (SSSR count). The molecule has 1 aromatic carbocycles. The standard InChI is InChI=1S/C15H23FN2O2/c1-2-20-11-4-8-15(19)18(10-5-9-17)14-7-3-6-13(16)12-14/h3,6-7,12H,2,4-5,8-11,17H2,1H3. The van der Waals surface area contributed by atoms with Crippen molar-refractivity contribution in [3.63, 3.8) is 0 Å². The molecule has 0 fully saturated rings. The minimum Gasteiger partial charge on any atom is -0.382 e. The second kappa shape index (κ2) is 9.44. The number of halogens is 1. The number of carbonyl (C=O) groups excluding carboxylic acids is 1. The van der Waals surface area contributed by atoms with Crippen molar-refractivity contribution < 1.29 is 13.9 Å². The topological polar surface area (TPSA) is 55.6 Å². The first-order valence-corrected chi connectivity index (χ1v) is 7.02. The fourth-order valence-electron chi connectivity index (χ4n) is 1.90. The summed E-state index contributed by atoms with van der Waals surface area (Å²) < 4.78 is 18.5. The van der Waals surface area contributed by atoms with Crippen LogP contribution in [0.15, 0.2) is 24.3 Å². The number of rotatable bonds is 9. The molecule has 4 nitrogen and oxygen atoms in total. The highest BCUT2D eigenvalue weighted by Crippen LogP contribution is 2.17. The third-order valence-corrected chi connectivity index (χ3v) is 2.89. The summed E-state index contributed by atoms with van der Waals surface area (Å²) >= 11 is 0. The normalized spacial score (nSPS) is 10.6. The van der Waals surface area contributed by atoms with E-state index in [1.807, 2.05) is 6.92 Å². The second-order valence-corrected chi connectivity index (χ2v) is 4.47. The van der Waals surface area contributed by atoms with Gasteiger partial charge in [0.1, 0.15) is 5.82 Å². The quantitative estimate of drug-likeness (QED) is 0.707. The Labute approximate surface area is 119 Å². The Morgan fingerprint density at radius 3 is 2.85 bits per heavy atom. The molecule has 0 saturated heterocycles. The molecule has 0 heterocycles. The first kappa shape index (κ1) is 16.6. The van der Waals surface area contributed by atoms with Gasteiger partial charge in [-0.1, -0.05) is 6.07 Å². The lowest BCUT2D eigenvalue weighted by Gasteiger charge is -2.22. The Hall–Kier alpha value is -1.46. The Balaban J connectivity index is 2.65. The number of carbonyl (C=O) groups is 1. The van der Waals surface area contributed by atoms with Crippen molar-refractivity contribution in [1.82, 2.24) is 0 Å². The predicted octanol–water partition coefficient (Wildman–Crippen LogP) is 2.32. The van der Waals surface area contributed by atoms with E-state index in [4.69, 9.17) is 10.5 Å². The van der Waals surface area contributed by atoms with Gasteiger partial charge in [-0.05, 0) is 44.5 Å². The van der Waals surface area contributed by atoms with Crippen molar-refractivity contribution >= 4 is 11.6 Å². The van der Waals surface area contributed by atoms with Crippen LogP contribution in [0, 0.1) is 5.82 Å². The lowest BCUT2D eigenvalue weighted by atomic mass is 10.2. The number of amides is 1. The van der Waals surface area contributed by atoms with Gasteiger partial charge in [0.15, 0.2) is 0 Å². The summed E-state index contributed by atoms with van der Waals surface area (Å²) in [5, 5.41) is 0. The van der Waals surface area contributed by atoms with Crippen molar-refractivity contribution in [1.29, 1.82) is 0 Å². The zero-order valence-electron chi connectivity index (χ0n) is 12.0. The molecule has 0 atom stereocenters. The van der Waals surface area contributed by atoms with Crippen LogP contribution < -0.4 is 10.6 Å². The largest absolute Gasteiger partial charge is 0.382 e. The van der Waals surface area contributed by atoms with E-state index in [9.17, 15) is 9.18 Å². The highest BCUT2D eigenvalue weighted by Gasteiger charge is 2.15. The number of hydrogen-bond acceptors (Lipinski definition) is 3. The number of nitrogens with zero attached hydrogens (tertiary/aromatic N) is 1. The molecular weight excluding hydrogens is 259 g/mol. The van der Waals surface area contributed by atoms with Crippen molar-refractivity contribution in [2.75, 3.05) is 31.2 Å². The van der Waals surface area contributed by atoms with Crippen LogP contribution in [0.25, 0.3) is 0 Å². The molecular formula is C15H23FN2O2. The molecule has 0 aliphatic rings. The SMILES string of the molecule is CCOCCCC(=O)N(CCCN)c1cccc(F)c1. The van der Waals surface area contributed by atoms with Crippen molar-refractivity contribution in [3.8, 4) is 0 Å². The number of nitrogens with two attached hydrogens (primary N) is 1. The van der Waals surface area contributed by atoms with Crippen LogP contribution >= 0.6 is 0 Å². The van der Waals surface area contributed by atoms with E-state index in [0.717, 1.165) is 0 Å². The molecule has 0 unspecified atom stereocenters.